The van der Waals surface area contributed by atoms with Gasteiger partial charge < -0.3 is 5.32 Å². The van der Waals surface area contributed by atoms with E-state index in [9.17, 15) is 4.79 Å². The first-order valence-corrected chi connectivity index (χ1v) is 2.38. The Balaban J connectivity index is 2.54. The number of nitrogens with zero attached hydrogens (tertiary/aromatic N) is 1. The van der Waals surface area contributed by atoms with Gasteiger partial charge in [0.2, 0.25) is 0 Å². The first-order chi connectivity index (χ1) is 3.79. The Morgan fingerprint density at radius 2 is 2.62 bits per heavy atom. The standard InChI is InChI=1S/C4H7N3O/c1-3-5-2-6-4(8)7-3/h2-3H,1H3,(H2,5,6,7,8). The van der Waals surface area contributed by atoms with E-state index in [1.54, 1.807) is 6.92 Å². The van der Waals surface area contributed by atoms with Crippen molar-refractivity contribution >= 4 is 12.4 Å². The maximum absolute atomic E-state index is 10.4. The lowest BCUT2D eigenvalue weighted by Gasteiger charge is -2.12. The summed E-state index contributed by atoms with van der Waals surface area (Å²) in [7, 11) is 0. The number of carbonyl (C=O) groups is 1. The Hall–Kier alpha value is -1.06. The van der Waals surface area contributed by atoms with Gasteiger partial charge in [0.05, 0.1) is 6.34 Å². The molecule has 1 atom stereocenters. The maximum Gasteiger partial charge on any atom is 0.321 e. The lowest BCUT2D eigenvalue weighted by Crippen LogP contribution is -2.43. The van der Waals surface area contributed by atoms with E-state index in [4.69, 9.17) is 0 Å². The zero-order valence-corrected chi connectivity index (χ0v) is 4.51. The molecule has 1 aliphatic rings. The van der Waals surface area contributed by atoms with E-state index in [1.165, 1.54) is 6.34 Å². The lowest BCUT2D eigenvalue weighted by atomic mass is 10.5. The number of aliphatic imine (C=N–C) groups is 1. The summed E-state index contributed by atoms with van der Waals surface area (Å²) in [6.45, 7) is 1.80. The van der Waals surface area contributed by atoms with Crippen molar-refractivity contribution in [2.75, 3.05) is 0 Å². The summed E-state index contributed by atoms with van der Waals surface area (Å²) in [5.41, 5.74) is 0. The highest BCUT2D eigenvalue weighted by Gasteiger charge is 2.05. The van der Waals surface area contributed by atoms with Crippen LogP contribution in [0.15, 0.2) is 4.99 Å². The molecule has 1 rings (SSSR count). The normalized spacial score (nSPS) is 26.6. The third kappa shape index (κ3) is 0.959. The molecule has 0 spiro atoms. The van der Waals surface area contributed by atoms with Crippen molar-refractivity contribution < 1.29 is 4.79 Å². The highest BCUT2D eigenvalue weighted by Crippen LogP contribution is 1.84. The van der Waals surface area contributed by atoms with Crippen molar-refractivity contribution in [3.05, 3.63) is 0 Å². The highest BCUT2D eigenvalue weighted by atomic mass is 16.2. The van der Waals surface area contributed by atoms with E-state index < -0.39 is 0 Å². The van der Waals surface area contributed by atoms with Crippen LogP contribution in [-0.4, -0.2) is 18.5 Å². The summed E-state index contributed by atoms with van der Waals surface area (Å²) in [6.07, 6.45) is 1.31. The molecule has 0 radical (unpaired) electrons. The Bertz CT molecular complexity index is 131. The summed E-state index contributed by atoms with van der Waals surface area (Å²) >= 11 is 0. The molecule has 1 unspecified atom stereocenters. The molecule has 0 saturated heterocycles. The molecule has 0 aliphatic carbocycles. The molecule has 0 aromatic rings. The molecular formula is C4H7N3O. The molecule has 1 heterocycles. The van der Waals surface area contributed by atoms with Crippen LogP contribution in [0, 0.1) is 0 Å². The topological polar surface area (TPSA) is 53.5 Å². The fraction of sp³-hybridized carbons (Fsp3) is 0.500. The van der Waals surface area contributed by atoms with Gasteiger partial charge in [0.25, 0.3) is 0 Å². The van der Waals surface area contributed by atoms with Crippen LogP contribution in [0.25, 0.3) is 0 Å². The van der Waals surface area contributed by atoms with E-state index in [1.807, 2.05) is 0 Å². The smallest absolute Gasteiger partial charge is 0.316 e. The number of hydrogen-bond donors (Lipinski definition) is 2. The molecule has 8 heavy (non-hydrogen) atoms. The highest BCUT2D eigenvalue weighted by molar-refractivity contribution is 5.87. The van der Waals surface area contributed by atoms with E-state index in [0.717, 1.165) is 0 Å². The number of rotatable bonds is 0. The molecule has 44 valence electrons. The van der Waals surface area contributed by atoms with Crippen molar-refractivity contribution in [2.45, 2.75) is 13.1 Å². The minimum absolute atomic E-state index is 0.0799. The Kier molecular flexibility index (Phi) is 1.15. The van der Waals surface area contributed by atoms with Crippen LogP contribution in [0.1, 0.15) is 6.92 Å². The first kappa shape index (κ1) is 5.08. The van der Waals surface area contributed by atoms with Gasteiger partial charge in [-0.25, -0.2) is 4.79 Å². The zero-order chi connectivity index (χ0) is 5.98. The number of hydrogen-bond acceptors (Lipinski definition) is 2. The van der Waals surface area contributed by atoms with E-state index in [0.29, 0.717) is 0 Å². The predicted octanol–water partition coefficient (Wildman–Crippen LogP) is -0.326. The molecule has 0 saturated carbocycles. The van der Waals surface area contributed by atoms with Crippen LogP contribution in [0.2, 0.25) is 0 Å². The first-order valence-electron chi connectivity index (χ1n) is 2.38. The molecule has 0 aromatic carbocycles. The van der Waals surface area contributed by atoms with Crippen molar-refractivity contribution in [2.24, 2.45) is 4.99 Å². The Labute approximate surface area is 47.0 Å². The zero-order valence-electron chi connectivity index (χ0n) is 4.51. The SMILES string of the molecule is CC1N=CNC(=O)N1. The maximum atomic E-state index is 10.4. The van der Waals surface area contributed by atoms with Crippen molar-refractivity contribution in [3.8, 4) is 0 Å². The van der Waals surface area contributed by atoms with E-state index in [-0.39, 0.29) is 12.2 Å². The van der Waals surface area contributed by atoms with Gasteiger partial charge in [-0.1, -0.05) is 0 Å². The second kappa shape index (κ2) is 1.81. The minimum Gasteiger partial charge on any atom is -0.316 e. The summed E-state index contributed by atoms with van der Waals surface area (Å²) in [6, 6.07) is -0.187. The molecule has 0 fully saturated rings. The number of amides is 2. The fourth-order valence-electron chi connectivity index (χ4n) is 0.476. The molecule has 0 bridgehead atoms. The summed E-state index contributed by atoms with van der Waals surface area (Å²) in [4.78, 5) is 14.2. The fourth-order valence-corrected chi connectivity index (χ4v) is 0.476. The lowest BCUT2D eigenvalue weighted by molar-refractivity contribution is 0.241. The Morgan fingerprint density at radius 3 is 3.00 bits per heavy atom. The van der Waals surface area contributed by atoms with Gasteiger partial charge in [0.1, 0.15) is 6.17 Å². The van der Waals surface area contributed by atoms with Gasteiger partial charge in [-0.05, 0) is 6.92 Å². The van der Waals surface area contributed by atoms with Crippen LogP contribution >= 0.6 is 0 Å². The molecule has 2 amide bonds. The second-order valence-corrected chi connectivity index (χ2v) is 1.57. The van der Waals surface area contributed by atoms with Gasteiger partial charge in [-0.3, -0.25) is 10.3 Å². The number of carbonyl (C=O) groups excluding carboxylic acids is 1. The third-order valence-corrected chi connectivity index (χ3v) is 0.834. The number of nitrogens with one attached hydrogen (secondary N) is 2. The Morgan fingerprint density at radius 1 is 1.88 bits per heavy atom. The van der Waals surface area contributed by atoms with Crippen LogP contribution in [0.4, 0.5) is 4.79 Å². The molecule has 2 N–H and O–H groups in total. The van der Waals surface area contributed by atoms with Gasteiger partial charge in [0, 0.05) is 0 Å². The molecular weight excluding hydrogens is 106 g/mol. The van der Waals surface area contributed by atoms with Gasteiger partial charge >= 0.3 is 6.03 Å². The quantitative estimate of drug-likeness (QED) is 0.444. The van der Waals surface area contributed by atoms with Gasteiger partial charge in [-0.2, -0.15) is 0 Å². The van der Waals surface area contributed by atoms with Crippen molar-refractivity contribution in [1.29, 1.82) is 0 Å². The van der Waals surface area contributed by atoms with Crippen LogP contribution in [0.3, 0.4) is 0 Å². The minimum atomic E-state index is -0.187. The van der Waals surface area contributed by atoms with E-state index >= 15 is 0 Å². The monoisotopic (exact) mass is 113 g/mol. The molecule has 4 nitrogen and oxygen atoms in total. The number of urea groups is 1. The average Bonchev–Trinajstić information content (AvgIpc) is 1.64. The third-order valence-electron chi connectivity index (χ3n) is 0.834. The van der Waals surface area contributed by atoms with E-state index in [2.05, 4.69) is 15.6 Å². The van der Waals surface area contributed by atoms with Crippen molar-refractivity contribution in [1.82, 2.24) is 10.6 Å². The summed E-state index contributed by atoms with van der Waals surface area (Å²) in [5.74, 6) is 0. The molecule has 1 aliphatic heterocycles. The van der Waals surface area contributed by atoms with Crippen LogP contribution < -0.4 is 10.6 Å². The van der Waals surface area contributed by atoms with Gasteiger partial charge in [0.15, 0.2) is 0 Å². The predicted molar refractivity (Wildman–Crippen MR) is 29.6 cm³/mol. The molecule has 4 heteroatoms. The van der Waals surface area contributed by atoms with Crippen LogP contribution in [-0.2, 0) is 0 Å². The second-order valence-electron chi connectivity index (χ2n) is 1.57. The summed E-state index contributed by atoms with van der Waals surface area (Å²) < 4.78 is 0. The summed E-state index contributed by atoms with van der Waals surface area (Å²) in [5, 5.41) is 4.90. The average molecular weight is 113 g/mol. The largest absolute Gasteiger partial charge is 0.321 e. The van der Waals surface area contributed by atoms with Gasteiger partial charge in [-0.15, -0.1) is 0 Å². The van der Waals surface area contributed by atoms with Crippen molar-refractivity contribution in [3.63, 3.8) is 0 Å². The van der Waals surface area contributed by atoms with Crippen LogP contribution in [0.5, 0.6) is 0 Å². The molecule has 0 aromatic heterocycles.